The van der Waals surface area contributed by atoms with Crippen LogP contribution in [0.15, 0.2) is 119 Å². The van der Waals surface area contributed by atoms with Gasteiger partial charge in [-0.25, -0.2) is 9.97 Å². The van der Waals surface area contributed by atoms with Gasteiger partial charge >= 0.3 is 12.4 Å². The average molecular weight is 855 g/mol. The molecule has 0 bridgehead atoms. The number of rotatable bonds is 8. The molecule has 0 atom stereocenters. The van der Waals surface area contributed by atoms with Gasteiger partial charge in [0.25, 0.3) is 11.1 Å². The SMILES string of the molecule is Nc1nc(C2CCC(c3ccccc3)CC2)c(Cc2cccc(C(F)(F)F)c2)c(=O)[nH]1.Nc1nc(C2CCC(c3ccccc3)CC2)c(Cc2cccc(C(F)(F)F)c2)c(=O)[nH]1. The molecule has 0 amide bonds. The highest BCUT2D eigenvalue weighted by molar-refractivity contribution is 5.37. The molecular weight excluding hydrogens is 807 g/mol. The van der Waals surface area contributed by atoms with E-state index >= 15 is 0 Å². The second kappa shape index (κ2) is 18.8. The fourth-order valence-corrected chi connectivity index (χ4v) is 9.06. The van der Waals surface area contributed by atoms with Crippen LogP contribution in [0.25, 0.3) is 0 Å². The zero-order valence-electron chi connectivity index (χ0n) is 33.9. The summed E-state index contributed by atoms with van der Waals surface area (Å²) in [5.74, 6) is 1.12. The second-order valence-electron chi connectivity index (χ2n) is 16.3. The third-order valence-corrected chi connectivity index (χ3v) is 12.2. The Hall–Kier alpha value is -6.18. The van der Waals surface area contributed by atoms with Gasteiger partial charge in [0.2, 0.25) is 11.9 Å². The number of H-pyrrole nitrogens is 2. The highest BCUT2D eigenvalue weighted by Gasteiger charge is 2.33. The first-order chi connectivity index (χ1) is 29.6. The molecule has 0 spiro atoms. The third-order valence-electron chi connectivity index (χ3n) is 12.2. The molecule has 8 nitrogen and oxygen atoms in total. The van der Waals surface area contributed by atoms with Crippen molar-refractivity contribution in [3.63, 3.8) is 0 Å². The standard InChI is InChI=1S/2C24H24F3N3O/c2*25-24(26,27)19-8-4-5-15(13-19)14-20-21(29-23(28)30-22(20)31)18-11-9-17(10-12-18)16-6-2-1-3-7-16/h2*1-8,13,17-18H,9-12,14H2,(H3,28,29,30,31). The molecule has 14 heteroatoms. The number of halogens is 6. The predicted molar refractivity (Wildman–Crippen MR) is 228 cm³/mol. The normalized spacial score (nSPS) is 19.3. The van der Waals surface area contributed by atoms with Crippen LogP contribution in [0.2, 0.25) is 0 Å². The lowest BCUT2D eigenvalue weighted by Crippen LogP contribution is -2.24. The zero-order chi connectivity index (χ0) is 44.0. The van der Waals surface area contributed by atoms with Crippen molar-refractivity contribution in [3.8, 4) is 0 Å². The van der Waals surface area contributed by atoms with E-state index in [1.54, 1.807) is 12.1 Å². The summed E-state index contributed by atoms with van der Waals surface area (Å²) in [5.41, 5.74) is 14.9. The summed E-state index contributed by atoms with van der Waals surface area (Å²) in [6.45, 7) is 0. The number of nitrogens with two attached hydrogens (primary N) is 2. The molecule has 2 aliphatic carbocycles. The lowest BCUT2D eigenvalue weighted by Gasteiger charge is -2.29. The summed E-state index contributed by atoms with van der Waals surface area (Å²) in [4.78, 5) is 39.2. The highest BCUT2D eigenvalue weighted by atomic mass is 19.4. The van der Waals surface area contributed by atoms with Gasteiger partial charge in [-0.2, -0.15) is 26.3 Å². The number of hydrogen-bond acceptors (Lipinski definition) is 6. The van der Waals surface area contributed by atoms with Crippen LogP contribution < -0.4 is 22.6 Å². The number of hydrogen-bond donors (Lipinski definition) is 4. The van der Waals surface area contributed by atoms with Crippen molar-refractivity contribution in [2.24, 2.45) is 0 Å². The number of alkyl halides is 6. The quantitative estimate of drug-likeness (QED) is 0.112. The molecule has 62 heavy (non-hydrogen) atoms. The number of nitrogens with zero attached hydrogens (tertiary/aromatic N) is 2. The van der Waals surface area contributed by atoms with Crippen molar-refractivity contribution in [1.82, 2.24) is 19.9 Å². The first-order valence-electron chi connectivity index (χ1n) is 20.8. The van der Waals surface area contributed by atoms with Crippen LogP contribution in [0.1, 0.15) is 131 Å². The van der Waals surface area contributed by atoms with E-state index in [4.69, 9.17) is 11.5 Å². The highest BCUT2D eigenvalue weighted by Crippen LogP contribution is 2.42. The molecule has 4 aromatic carbocycles. The average Bonchev–Trinajstić information content (AvgIpc) is 3.26. The minimum atomic E-state index is -4.43. The molecule has 2 saturated carbocycles. The Labute approximate surface area is 354 Å². The van der Waals surface area contributed by atoms with Gasteiger partial charge in [0.05, 0.1) is 22.5 Å². The molecule has 0 radical (unpaired) electrons. The van der Waals surface area contributed by atoms with Crippen LogP contribution in [0.4, 0.5) is 38.2 Å². The number of benzene rings is 4. The van der Waals surface area contributed by atoms with Crippen LogP contribution in [0.5, 0.6) is 0 Å². The van der Waals surface area contributed by atoms with Gasteiger partial charge in [0, 0.05) is 35.8 Å². The van der Waals surface area contributed by atoms with Crippen molar-refractivity contribution < 1.29 is 26.3 Å². The van der Waals surface area contributed by atoms with E-state index in [1.807, 2.05) is 36.4 Å². The van der Waals surface area contributed by atoms with E-state index in [0.717, 1.165) is 75.6 Å². The fourth-order valence-electron chi connectivity index (χ4n) is 9.06. The van der Waals surface area contributed by atoms with E-state index < -0.39 is 23.5 Å². The van der Waals surface area contributed by atoms with Crippen molar-refractivity contribution >= 4 is 11.9 Å². The van der Waals surface area contributed by atoms with Crippen LogP contribution in [-0.4, -0.2) is 19.9 Å². The molecule has 0 unspecified atom stereocenters. The molecule has 0 aliphatic heterocycles. The Morgan fingerprint density at radius 2 is 0.823 bits per heavy atom. The smallest absolute Gasteiger partial charge is 0.369 e. The van der Waals surface area contributed by atoms with Gasteiger partial charge < -0.3 is 11.5 Å². The van der Waals surface area contributed by atoms with Crippen molar-refractivity contribution in [2.45, 2.75) is 100 Å². The molecule has 0 saturated heterocycles. The van der Waals surface area contributed by atoms with Gasteiger partial charge in [-0.1, -0.05) is 97.1 Å². The number of aromatic nitrogens is 4. The Bertz CT molecular complexity index is 2380. The first-order valence-corrected chi connectivity index (χ1v) is 20.8. The van der Waals surface area contributed by atoms with Gasteiger partial charge in [-0.15, -0.1) is 0 Å². The van der Waals surface area contributed by atoms with E-state index in [0.29, 0.717) is 45.5 Å². The summed E-state index contributed by atoms with van der Waals surface area (Å²) in [7, 11) is 0. The van der Waals surface area contributed by atoms with E-state index in [2.05, 4.69) is 44.2 Å². The summed E-state index contributed by atoms with van der Waals surface area (Å²) in [5, 5.41) is 0. The molecule has 2 heterocycles. The number of nitrogen functional groups attached to an aromatic ring is 2. The van der Waals surface area contributed by atoms with Crippen molar-refractivity contribution in [3.05, 3.63) is 186 Å². The molecule has 6 N–H and O–H groups in total. The summed E-state index contributed by atoms with van der Waals surface area (Å²) >= 11 is 0. The predicted octanol–water partition coefficient (Wildman–Crippen LogP) is 10.8. The molecule has 8 rings (SSSR count). The van der Waals surface area contributed by atoms with E-state index in [1.165, 1.54) is 23.3 Å². The maximum atomic E-state index is 13.1. The number of anilines is 2. The summed E-state index contributed by atoms with van der Waals surface area (Å²) in [6.07, 6.45) is -1.43. The number of nitrogens with one attached hydrogen (secondary N) is 2. The van der Waals surface area contributed by atoms with Crippen LogP contribution in [0, 0.1) is 0 Å². The lowest BCUT2D eigenvalue weighted by molar-refractivity contribution is -0.138. The fraction of sp³-hybridized carbons (Fsp3) is 0.333. The first kappa shape index (κ1) is 43.9. The van der Waals surface area contributed by atoms with E-state index in [9.17, 15) is 35.9 Å². The summed E-state index contributed by atoms with van der Waals surface area (Å²) in [6, 6.07) is 30.8. The van der Waals surface area contributed by atoms with Crippen LogP contribution in [-0.2, 0) is 25.2 Å². The molecule has 2 aromatic heterocycles. The van der Waals surface area contributed by atoms with E-state index in [-0.39, 0.29) is 47.7 Å². The number of aromatic amines is 2. The zero-order valence-corrected chi connectivity index (χ0v) is 33.9. The van der Waals surface area contributed by atoms with Gasteiger partial charge in [-0.05, 0) is 97.6 Å². The van der Waals surface area contributed by atoms with Crippen LogP contribution in [0.3, 0.4) is 0 Å². The van der Waals surface area contributed by atoms with Gasteiger partial charge in [0.15, 0.2) is 0 Å². The molecule has 324 valence electrons. The Morgan fingerprint density at radius 3 is 1.16 bits per heavy atom. The summed E-state index contributed by atoms with van der Waals surface area (Å²) < 4.78 is 78.5. The molecule has 2 aliphatic rings. The minimum absolute atomic E-state index is 0.0398. The topological polar surface area (TPSA) is 144 Å². The Balaban J connectivity index is 0.000000186. The van der Waals surface area contributed by atoms with Crippen LogP contribution >= 0.6 is 0 Å². The largest absolute Gasteiger partial charge is 0.416 e. The lowest BCUT2D eigenvalue weighted by atomic mass is 9.76. The monoisotopic (exact) mass is 854 g/mol. The van der Waals surface area contributed by atoms with Crippen molar-refractivity contribution in [1.29, 1.82) is 0 Å². The maximum Gasteiger partial charge on any atom is 0.416 e. The molecule has 2 fully saturated rings. The second-order valence-corrected chi connectivity index (χ2v) is 16.3. The third kappa shape index (κ3) is 10.8. The maximum absolute atomic E-state index is 13.1. The molecular formula is C48H48F6N6O2. The Kier molecular flexibility index (Phi) is 13.3. The van der Waals surface area contributed by atoms with Gasteiger partial charge in [-0.3, -0.25) is 19.6 Å². The van der Waals surface area contributed by atoms with Gasteiger partial charge in [0.1, 0.15) is 0 Å². The van der Waals surface area contributed by atoms with Crippen molar-refractivity contribution in [2.75, 3.05) is 11.5 Å². The minimum Gasteiger partial charge on any atom is -0.369 e. The Morgan fingerprint density at radius 1 is 0.484 bits per heavy atom. The molecule has 6 aromatic rings.